The average Bonchev–Trinajstić information content (AvgIpc) is 2.32. The van der Waals surface area contributed by atoms with Gasteiger partial charge in [-0.15, -0.1) is 0 Å². The second kappa shape index (κ2) is 3.05. The molecule has 1 rings (SSSR count). The van der Waals surface area contributed by atoms with E-state index in [4.69, 9.17) is 0 Å². The van der Waals surface area contributed by atoms with E-state index in [0.717, 1.165) is 10.9 Å². The van der Waals surface area contributed by atoms with Crippen LogP contribution in [0.2, 0.25) is 0 Å². The lowest BCUT2D eigenvalue weighted by Crippen LogP contribution is -2.38. The van der Waals surface area contributed by atoms with E-state index >= 15 is 0 Å². The highest BCUT2D eigenvalue weighted by Gasteiger charge is 2.30. The number of nitrogens with zero attached hydrogens (tertiary/aromatic N) is 1. The van der Waals surface area contributed by atoms with Crippen molar-refractivity contribution in [1.29, 1.82) is 0 Å². The molecule has 11 heavy (non-hydrogen) atoms. The molecule has 1 N–H and O–H groups in total. The minimum absolute atomic E-state index is 0.347. The molecule has 0 spiro atoms. The van der Waals surface area contributed by atoms with Crippen molar-refractivity contribution in [2.24, 2.45) is 10.4 Å². The van der Waals surface area contributed by atoms with Crippen LogP contribution < -0.4 is 5.32 Å². The summed E-state index contributed by atoms with van der Waals surface area (Å²) in [7, 11) is 1.83. The molecule has 0 saturated carbocycles. The summed E-state index contributed by atoms with van der Waals surface area (Å²) < 4.78 is 0. The fraction of sp³-hybridized carbons (Fsp3) is 0.875. The maximum Gasteiger partial charge on any atom is 0.156 e. The zero-order chi connectivity index (χ0) is 8.48. The van der Waals surface area contributed by atoms with E-state index in [0.29, 0.717) is 11.5 Å². The number of hydrogen-bond donors (Lipinski definition) is 1. The Hall–Kier alpha value is -0.180. The Bertz CT molecular complexity index is 169. The number of aliphatic imine (C=N–C) groups is 1. The van der Waals surface area contributed by atoms with Gasteiger partial charge in [-0.05, 0) is 5.41 Å². The molecule has 1 heterocycles. The molecule has 1 atom stereocenters. The molecular formula is C8H16N2S. The van der Waals surface area contributed by atoms with Gasteiger partial charge in [0.2, 0.25) is 0 Å². The van der Waals surface area contributed by atoms with Gasteiger partial charge in [-0.25, -0.2) is 0 Å². The fourth-order valence-corrected chi connectivity index (χ4v) is 2.25. The molecule has 0 amide bonds. The number of nitrogens with one attached hydrogen (secondary N) is 1. The van der Waals surface area contributed by atoms with Crippen LogP contribution in [0.1, 0.15) is 20.8 Å². The van der Waals surface area contributed by atoms with Gasteiger partial charge in [0.05, 0.1) is 0 Å². The van der Waals surface area contributed by atoms with Gasteiger partial charge in [0.15, 0.2) is 5.17 Å². The maximum absolute atomic E-state index is 4.12. The summed E-state index contributed by atoms with van der Waals surface area (Å²) in [6.07, 6.45) is 0. The molecule has 3 heteroatoms. The lowest BCUT2D eigenvalue weighted by molar-refractivity contribution is 0.326. The third-order valence-electron chi connectivity index (χ3n) is 1.93. The molecule has 0 aliphatic carbocycles. The normalized spacial score (nSPS) is 29.1. The number of rotatable bonds is 0. The summed E-state index contributed by atoms with van der Waals surface area (Å²) >= 11 is 1.82. The summed E-state index contributed by atoms with van der Waals surface area (Å²) in [4.78, 5) is 4.12. The molecule has 2 nitrogen and oxygen atoms in total. The number of hydrogen-bond acceptors (Lipinski definition) is 2. The van der Waals surface area contributed by atoms with E-state index < -0.39 is 0 Å². The van der Waals surface area contributed by atoms with Crippen molar-refractivity contribution in [3.63, 3.8) is 0 Å². The second-order valence-corrected chi connectivity index (χ2v) is 4.91. The Morgan fingerprint density at radius 3 is 2.45 bits per heavy atom. The van der Waals surface area contributed by atoms with Crippen LogP contribution in [0.5, 0.6) is 0 Å². The standard InChI is InChI=1S/C8H16N2S/c1-8(2,3)6-5-11-7(9-4)10-6/h6H,5H2,1-4H3,(H,9,10). The smallest absolute Gasteiger partial charge is 0.156 e. The van der Waals surface area contributed by atoms with Crippen LogP contribution in [0, 0.1) is 5.41 Å². The minimum atomic E-state index is 0.347. The predicted molar refractivity (Wildman–Crippen MR) is 52.2 cm³/mol. The van der Waals surface area contributed by atoms with E-state index in [1.807, 2.05) is 18.8 Å². The van der Waals surface area contributed by atoms with Crippen LogP contribution in [0.15, 0.2) is 4.99 Å². The molecule has 0 bridgehead atoms. The average molecular weight is 172 g/mol. The Morgan fingerprint density at radius 2 is 2.18 bits per heavy atom. The van der Waals surface area contributed by atoms with Crippen molar-refractivity contribution in [3.8, 4) is 0 Å². The van der Waals surface area contributed by atoms with E-state index in [-0.39, 0.29) is 0 Å². The number of amidine groups is 1. The number of thioether (sulfide) groups is 1. The topological polar surface area (TPSA) is 24.4 Å². The first kappa shape index (κ1) is 8.91. The molecule has 0 aromatic heterocycles. The zero-order valence-corrected chi connectivity index (χ0v) is 8.46. The highest BCUT2D eigenvalue weighted by atomic mass is 32.2. The largest absolute Gasteiger partial charge is 0.361 e. The molecule has 1 unspecified atom stereocenters. The summed E-state index contributed by atoms with van der Waals surface area (Å²) in [5.41, 5.74) is 0.347. The Labute approximate surface area is 72.9 Å². The van der Waals surface area contributed by atoms with Gasteiger partial charge in [-0.2, -0.15) is 0 Å². The van der Waals surface area contributed by atoms with Crippen LogP contribution in [0.4, 0.5) is 0 Å². The molecule has 1 aliphatic rings. The van der Waals surface area contributed by atoms with E-state index in [1.54, 1.807) is 0 Å². The van der Waals surface area contributed by atoms with Gasteiger partial charge in [0.25, 0.3) is 0 Å². The van der Waals surface area contributed by atoms with E-state index in [1.165, 1.54) is 0 Å². The van der Waals surface area contributed by atoms with Crippen molar-refractivity contribution in [2.75, 3.05) is 12.8 Å². The predicted octanol–water partition coefficient (Wildman–Crippen LogP) is 1.72. The van der Waals surface area contributed by atoms with Crippen LogP contribution in [-0.2, 0) is 0 Å². The second-order valence-electron chi connectivity index (χ2n) is 3.90. The molecule has 0 aromatic carbocycles. The van der Waals surface area contributed by atoms with Gasteiger partial charge in [0, 0.05) is 18.8 Å². The molecule has 0 radical (unpaired) electrons. The first-order valence-electron chi connectivity index (χ1n) is 3.90. The van der Waals surface area contributed by atoms with Crippen molar-refractivity contribution < 1.29 is 0 Å². The molecule has 1 fully saturated rings. The lowest BCUT2D eigenvalue weighted by atomic mass is 9.88. The fourth-order valence-electron chi connectivity index (χ4n) is 0.990. The third-order valence-corrected chi connectivity index (χ3v) is 3.01. The van der Waals surface area contributed by atoms with Crippen LogP contribution in [0.3, 0.4) is 0 Å². The van der Waals surface area contributed by atoms with Gasteiger partial charge in [-0.1, -0.05) is 32.5 Å². The summed E-state index contributed by atoms with van der Waals surface area (Å²) in [5, 5.41) is 4.48. The van der Waals surface area contributed by atoms with Gasteiger partial charge in [0.1, 0.15) is 0 Å². The molecule has 64 valence electrons. The Morgan fingerprint density at radius 1 is 1.55 bits per heavy atom. The zero-order valence-electron chi connectivity index (χ0n) is 7.64. The highest BCUT2D eigenvalue weighted by Crippen LogP contribution is 2.27. The van der Waals surface area contributed by atoms with Crippen molar-refractivity contribution >= 4 is 16.9 Å². The monoisotopic (exact) mass is 172 g/mol. The highest BCUT2D eigenvalue weighted by molar-refractivity contribution is 8.14. The summed E-state index contributed by atoms with van der Waals surface area (Å²) in [6, 6.07) is 0.575. The SMILES string of the molecule is CN=C1NC(C(C)(C)C)CS1. The van der Waals surface area contributed by atoms with Crippen molar-refractivity contribution in [3.05, 3.63) is 0 Å². The Balaban J connectivity index is 2.55. The van der Waals surface area contributed by atoms with E-state index in [9.17, 15) is 0 Å². The molecule has 1 saturated heterocycles. The van der Waals surface area contributed by atoms with Crippen molar-refractivity contribution in [2.45, 2.75) is 26.8 Å². The van der Waals surface area contributed by atoms with Crippen LogP contribution in [-0.4, -0.2) is 24.0 Å². The van der Waals surface area contributed by atoms with E-state index in [2.05, 4.69) is 31.1 Å². The van der Waals surface area contributed by atoms with Crippen molar-refractivity contribution in [1.82, 2.24) is 5.32 Å². The minimum Gasteiger partial charge on any atom is -0.361 e. The third kappa shape index (κ3) is 2.12. The van der Waals surface area contributed by atoms with Gasteiger partial charge < -0.3 is 5.32 Å². The molecular weight excluding hydrogens is 156 g/mol. The molecule has 1 aliphatic heterocycles. The Kier molecular flexibility index (Phi) is 2.47. The summed E-state index contributed by atoms with van der Waals surface area (Å²) in [6.45, 7) is 6.76. The van der Waals surface area contributed by atoms with Crippen LogP contribution >= 0.6 is 11.8 Å². The first-order valence-corrected chi connectivity index (χ1v) is 4.88. The van der Waals surface area contributed by atoms with Crippen LogP contribution in [0.25, 0.3) is 0 Å². The van der Waals surface area contributed by atoms with Gasteiger partial charge in [-0.3, -0.25) is 4.99 Å². The quantitative estimate of drug-likeness (QED) is 0.601. The first-order chi connectivity index (χ1) is 5.04. The lowest BCUT2D eigenvalue weighted by Gasteiger charge is -2.25. The molecule has 0 aromatic rings. The maximum atomic E-state index is 4.12. The summed E-state index contributed by atoms with van der Waals surface area (Å²) in [5.74, 6) is 1.15. The van der Waals surface area contributed by atoms with Gasteiger partial charge >= 0.3 is 0 Å².